The van der Waals surface area contributed by atoms with Gasteiger partial charge < -0.3 is 9.88 Å². The lowest BCUT2D eigenvalue weighted by molar-refractivity contribution is 0.0951. The smallest absolute Gasteiger partial charge is 0.252 e. The number of fused-ring (bicyclic) bond motifs is 2. The molecular formula is C19H25N7O. The van der Waals surface area contributed by atoms with Gasteiger partial charge in [0, 0.05) is 24.7 Å². The van der Waals surface area contributed by atoms with Crippen molar-refractivity contribution >= 4 is 16.9 Å². The number of carbonyl (C=O) groups excluding carboxylic acids is 1. The molecule has 0 fully saturated rings. The van der Waals surface area contributed by atoms with Gasteiger partial charge in [-0.2, -0.15) is 5.10 Å². The number of rotatable bonds is 4. The first-order valence-electron chi connectivity index (χ1n) is 9.58. The molecule has 1 amide bonds. The van der Waals surface area contributed by atoms with Gasteiger partial charge in [0.25, 0.3) is 5.91 Å². The lowest BCUT2D eigenvalue weighted by Crippen LogP contribution is -2.25. The first-order valence-corrected chi connectivity index (χ1v) is 9.58. The van der Waals surface area contributed by atoms with Gasteiger partial charge in [-0.1, -0.05) is 6.42 Å². The second-order valence-electron chi connectivity index (χ2n) is 7.41. The lowest BCUT2D eigenvalue weighted by atomic mass is 10.1. The quantitative estimate of drug-likeness (QED) is 0.765. The van der Waals surface area contributed by atoms with Crippen LogP contribution in [0.3, 0.4) is 0 Å². The highest BCUT2D eigenvalue weighted by molar-refractivity contribution is 6.05. The molecule has 0 bridgehead atoms. The number of nitrogens with zero attached hydrogens (tertiary/aromatic N) is 6. The summed E-state index contributed by atoms with van der Waals surface area (Å²) in [5.74, 6) is 1.71. The van der Waals surface area contributed by atoms with E-state index in [2.05, 4.69) is 30.2 Å². The Labute approximate surface area is 158 Å². The van der Waals surface area contributed by atoms with E-state index in [1.165, 1.54) is 6.42 Å². The molecule has 4 rings (SSSR count). The molecule has 3 aromatic heterocycles. The Morgan fingerprint density at radius 1 is 1.26 bits per heavy atom. The third-order valence-electron chi connectivity index (χ3n) is 5.02. The molecule has 0 saturated heterocycles. The van der Waals surface area contributed by atoms with Gasteiger partial charge in [0.05, 0.1) is 23.7 Å². The number of carbonyl (C=O) groups is 1. The van der Waals surface area contributed by atoms with Gasteiger partial charge in [-0.25, -0.2) is 9.67 Å². The molecule has 8 heteroatoms. The van der Waals surface area contributed by atoms with Crippen molar-refractivity contribution < 1.29 is 4.79 Å². The van der Waals surface area contributed by atoms with Crippen LogP contribution in [0.1, 0.15) is 66.9 Å². The summed E-state index contributed by atoms with van der Waals surface area (Å²) in [6.45, 7) is 7.28. The first-order chi connectivity index (χ1) is 13.0. The van der Waals surface area contributed by atoms with Crippen LogP contribution in [0, 0.1) is 6.92 Å². The molecule has 0 atom stereocenters. The molecular weight excluding hydrogens is 342 g/mol. The van der Waals surface area contributed by atoms with E-state index in [1.54, 1.807) is 6.20 Å². The summed E-state index contributed by atoms with van der Waals surface area (Å²) in [5, 5.41) is 16.8. The van der Waals surface area contributed by atoms with E-state index >= 15 is 0 Å². The van der Waals surface area contributed by atoms with E-state index in [0.29, 0.717) is 12.1 Å². The Morgan fingerprint density at radius 3 is 2.93 bits per heavy atom. The summed E-state index contributed by atoms with van der Waals surface area (Å²) < 4.78 is 4.00. The summed E-state index contributed by atoms with van der Waals surface area (Å²) >= 11 is 0. The second kappa shape index (κ2) is 7.09. The van der Waals surface area contributed by atoms with Crippen LogP contribution < -0.4 is 5.32 Å². The molecule has 0 saturated carbocycles. The Balaban J connectivity index is 1.58. The van der Waals surface area contributed by atoms with Gasteiger partial charge in [-0.3, -0.25) is 4.79 Å². The molecule has 8 nitrogen and oxygen atoms in total. The molecule has 1 N–H and O–H groups in total. The second-order valence-corrected chi connectivity index (χ2v) is 7.41. The van der Waals surface area contributed by atoms with E-state index in [-0.39, 0.29) is 11.9 Å². The van der Waals surface area contributed by atoms with E-state index in [9.17, 15) is 4.79 Å². The van der Waals surface area contributed by atoms with Crippen molar-refractivity contribution in [3.05, 3.63) is 35.2 Å². The average Bonchev–Trinajstić information content (AvgIpc) is 3.15. The molecule has 3 aromatic rings. The normalized spacial score (nSPS) is 14.4. The van der Waals surface area contributed by atoms with E-state index in [0.717, 1.165) is 54.2 Å². The van der Waals surface area contributed by atoms with Crippen molar-refractivity contribution in [1.82, 2.24) is 34.8 Å². The Bertz CT molecular complexity index is 986. The zero-order valence-electron chi connectivity index (χ0n) is 16.1. The van der Waals surface area contributed by atoms with Crippen LogP contribution in [0.5, 0.6) is 0 Å². The Morgan fingerprint density at radius 2 is 2.11 bits per heavy atom. The number of nitrogens with one attached hydrogen (secondary N) is 1. The van der Waals surface area contributed by atoms with Crippen LogP contribution in [0.2, 0.25) is 0 Å². The summed E-state index contributed by atoms with van der Waals surface area (Å²) in [4.78, 5) is 17.5. The monoisotopic (exact) mass is 367 g/mol. The minimum Gasteiger partial charge on any atom is -0.345 e. The Hall–Kier alpha value is -2.77. The summed E-state index contributed by atoms with van der Waals surface area (Å²) in [7, 11) is 0. The topological polar surface area (TPSA) is 90.5 Å². The van der Waals surface area contributed by atoms with Gasteiger partial charge in [0.15, 0.2) is 11.5 Å². The van der Waals surface area contributed by atoms with Crippen LogP contribution in [0.25, 0.3) is 11.0 Å². The maximum Gasteiger partial charge on any atom is 0.252 e. The molecule has 1 aliphatic rings. The third-order valence-corrected chi connectivity index (χ3v) is 5.02. The predicted molar refractivity (Wildman–Crippen MR) is 101 cm³/mol. The van der Waals surface area contributed by atoms with Crippen LogP contribution in [-0.4, -0.2) is 35.4 Å². The first kappa shape index (κ1) is 17.6. The van der Waals surface area contributed by atoms with E-state index in [4.69, 9.17) is 0 Å². The molecule has 0 radical (unpaired) electrons. The Kier molecular flexibility index (Phi) is 4.63. The van der Waals surface area contributed by atoms with Gasteiger partial charge in [0.1, 0.15) is 5.82 Å². The molecule has 0 unspecified atom stereocenters. The molecule has 0 spiro atoms. The zero-order chi connectivity index (χ0) is 19.0. The SMILES string of the molecule is Cc1cc(C(=O)NCc2nnc3n2CCCCC3)c2cnn(C(C)C)c2n1. The van der Waals surface area contributed by atoms with Crippen LogP contribution in [0.15, 0.2) is 12.3 Å². The number of hydrogen-bond acceptors (Lipinski definition) is 5. The van der Waals surface area contributed by atoms with Crippen LogP contribution in [0.4, 0.5) is 0 Å². The summed E-state index contributed by atoms with van der Waals surface area (Å²) in [5.41, 5.74) is 2.14. The molecule has 4 heterocycles. The fraction of sp³-hybridized carbons (Fsp3) is 0.526. The third kappa shape index (κ3) is 3.31. The van der Waals surface area contributed by atoms with Crippen molar-refractivity contribution in [3.63, 3.8) is 0 Å². The van der Waals surface area contributed by atoms with Gasteiger partial charge in [-0.05, 0) is 39.7 Å². The highest BCUT2D eigenvalue weighted by Crippen LogP contribution is 2.21. The molecule has 1 aliphatic heterocycles. The lowest BCUT2D eigenvalue weighted by Gasteiger charge is -2.10. The number of pyridine rings is 1. The van der Waals surface area contributed by atoms with Crippen LogP contribution in [-0.2, 0) is 19.5 Å². The highest BCUT2D eigenvalue weighted by atomic mass is 16.1. The predicted octanol–water partition coefficient (Wildman–Crippen LogP) is 2.57. The molecule has 27 heavy (non-hydrogen) atoms. The fourth-order valence-electron chi connectivity index (χ4n) is 3.64. The number of aryl methyl sites for hydroxylation is 2. The molecule has 142 valence electrons. The summed E-state index contributed by atoms with van der Waals surface area (Å²) in [6, 6.07) is 1.99. The van der Waals surface area contributed by atoms with Crippen molar-refractivity contribution in [2.75, 3.05) is 0 Å². The van der Waals surface area contributed by atoms with Crippen molar-refractivity contribution in [1.29, 1.82) is 0 Å². The fourth-order valence-corrected chi connectivity index (χ4v) is 3.64. The minimum absolute atomic E-state index is 0.139. The van der Waals surface area contributed by atoms with Crippen LogP contribution >= 0.6 is 0 Å². The van der Waals surface area contributed by atoms with Gasteiger partial charge >= 0.3 is 0 Å². The van der Waals surface area contributed by atoms with Gasteiger partial charge in [-0.15, -0.1) is 10.2 Å². The summed E-state index contributed by atoms with van der Waals surface area (Å²) in [6.07, 6.45) is 6.17. The maximum atomic E-state index is 12.9. The maximum absolute atomic E-state index is 12.9. The largest absolute Gasteiger partial charge is 0.345 e. The molecule has 0 aromatic carbocycles. The minimum atomic E-state index is -0.139. The average molecular weight is 367 g/mol. The van der Waals surface area contributed by atoms with E-state index < -0.39 is 0 Å². The van der Waals surface area contributed by atoms with E-state index in [1.807, 2.05) is 31.5 Å². The van der Waals surface area contributed by atoms with Gasteiger partial charge in [0.2, 0.25) is 0 Å². The van der Waals surface area contributed by atoms with Crippen molar-refractivity contribution in [2.24, 2.45) is 0 Å². The van der Waals surface area contributed by atoms with Crippen molar-refractivity contribution in [2.45, 2.75) is 65.6 Å². The number of amides is 1. The number of hydrogen-bond donors (Lipinski definition) is 1. The highest BCUT2D eigenvalue weighted by Gasteiger charge is 2.19. The molecule has 0 aliphatic carbocycles. The number of aromatic nitrogens is 6. The standard InChI is InChI=1S/C19H25N7O/c1-12(2)26-18-15(10-21-26)14(9-13(3)22-18)19(27)20-11-17-24-23-16-7-5-4-6-8-25(16)17/h9-10,12H,4-8,11H2,1-3H3,(H,20,27). The van der Waals surface area contributed by atoms with Crippen molar-refractivity contribution in [3.8, 4) is 0 Å². The zero-order valence-corrected chi connectivity index (χ0v) is 16.1.